The van der Waals surface area contributed by atoms with Gasteiger partial charge in [-0.15, -0.1) is 0 Å². The minimum absolute atomic E-state index is 0.113. The zero-order valence-electron chi connectivity index (χ0n) is 7.37. The van der Waals surface area contributed by atoms with Crippen molar-refractivity contribution in [3.63, 3.8) is 0 Å². The summed E-state index contributed by atoms with van der Waals surface area (Å²) in [5, 5.41) is 9.23. The molecule has 0 N–H and O–H groups in total. The molecule has 1 saturated heterocycles. The van der Waals surface area contributed by atoms with Crippen LogP contribution in [0.25, 0.3) is 0 Å². The van der Waals surface area contributed by atoms with Gasteiger partial charge in [-0.3, -0.25) is 0 Å². The van der Waals surface area contributed by atoms with Gasteiger partial charge in [-0.25, -0.2) is 0 Å². The summed E-state index contributed by atoms with van der Waals surface area (Å²) < 4.78 is 5.75. The van der Waals surface area contributed by atoms with Gasteiger partial charge in [-0.2, -0.15) is 5.26 Å². The molecule has 1 aliphatic heterocycles. The molecular weight excluding hydrogens is 230 g/mol. The van der Waals surface area contributed by atoms with E-state index in [-0.39, 0.29) is 5.41 Å². The molecule has 3 saturated carbocycles. The molecule has 0 radical (unpaired) electrons. The molecule has 13 heavy (non-hydrogen) atoms. The Balaban J connectivity index is 2.03. The Labute approximate surface area is 86.4 Å². The molecule has 4 bridgehead atoms. The predicted octanol–water partition coefficient (Wildman–Crippen LogP) is 2.09. The number of fused-ring (bicyclic) bond motifs is 1. The summed E-state index contributed by atoms with van der Waals surface area (Å²) in [5.74, 6) is 1.18. The lowest BCUT2D eigenvalue weighted by molar-refractivity contribution is 0.0347. The summed E-state index contributed by atoms with van der Waals surface area (Å²) in [5.41, 5.74) is -0.113. The fourth-order valence-corrected chi connectivity index (χ4v) is 4.38. The molecule has 5 unspecified atom stereocenters. The monoisotopic (exact) mass is 241 g/mol. The second-order valence-corrected chi connectivity index (χ2v) is 5.69. The molecule has 70 valence electrons. The molecule has 0 aromatic rings. The Hall–Kier alpha value is -0.0700. The van der Waals surface area contributed by atoms with E-state index >= 15 is 0 Å². The highest BCUT2D eigenvalue weighted by Gasteiger charge is 2.61. The van der Waals surface area contributed by atoms with Crippen LogP contribution in [-0.4, -0.2) is 17.5 Å². The largest absolute Gasteiger partial charge is 0.375 e. The number of hydrogen-bond acceptors (Lipinski definition) is 2. The second kappa shape index (κ2) is 2.49. The third-order valence-electron chi connectivity index (χ3n) is 4.10. The fraction of sp³-hybridized carbons (Fsp3) is 0.900. The van der Waals surface area contributed by atoms with Crippen LogP contribution in [0.3, 0.4) is 0 Å². The van der Waals surface area contributed by atoms with E-state index in [0.717, 1.165) is 6.42 Å². The average molecular weight is 242 g/mol. The average Bonchev–Trinajstić information content (AvgIpc) is 2.50. The van der Waals surface area contributed by atoms with Gasteiger partial charge in [0, 0.05) is 10.7 Å². The third-order valence-corrected chi connectivity index (χ3v) is 5.37. The SMILES string of the molecule is N#CC12COC3C(Br)C(CCC31)C2. The van der Waals surface area contributed by atoms with E-state index in [2.05, 4.69) is 22.0 Å². The minimum atomic E-state index is -0.113. The predicted molar refractivity (Wildman–Crippen MR) is 51.3 cm³/mol. The van der Waals surface area contributed by atoms with Gasteiger partial charge in [-0.1, -0.05) is 15.9 Å². The lowest BCUT2D eigenvalue weighted by Crippen LogP contribution is -2.49. The number of ether oxygens (including phenoxy) is 1. The Morgan fingerprint density at radius 2 is 2.31 bits per heavy atom. The topological polar surface area (TPSA) is 33.0 Å². The molecule has 0 aromatic carbocycles. The van der Waals surface area contributed by atoms with Crippen LogP contribution < -0.4 is 0 Å². The number of nitriles is 1. The van der Waals surface area contributed by atoms with Crippen molar-refractivity contribution in [2.75, 3.05) is 6.61 Å². The molecule has 0 spiro atoms. The summed E-state index contributed by atoms with van der Waals surface area (Å²) in [7, 11) is 0. The van der Waals surface area contributed by atoms with Crippen molar-refractivity contribution in [1.82, 2.24) is 0 Å². The van der Waals surface area contributed by atoms with Crippen molar-refractivity contribution in [1.29, 1.82) is 5.26 Å². The maximum atomic E-state index is 9.23. The van der Waals surface area contributed by atoms with Crippen LogP contribution in [0.1, 0.15) is 19.3 Å². The first kappa shape index (κ1) is 8.26. The summed E-state index contributed by atoms with van der Waals surface area (Å²) >= 11 is 3.72. The molecule has 4 rings (SSSR count). The van der Waals surface area contributed by atoms with Crippen molar-refractivity contribution in [3.8, 4) is 6.07 Å². The van der Waals surface area contributed by atoms with Gasteiger partial charge >= 0.3 is 0 Å². The van der Waals surface area contributed by atoms with Gasteiger partial charge in [0.2, 0.25) is 0 Å². The van der Waals surface area contributed by atoms with Crippen LogP contribution in [0.4, 0.5) is 0 Å². The van der Waals surface area contributed by atoms with Crippen molar-refractivity contribution >= 4 is 15.9 Å². The third kappa shape index (κ3) is 0.863. The molecule has 3 heteroatoms. The fourth-order valence-electron chi connectivity index (χ4n) is 3.41. The van der Waals surface area contributed by atoms with Crippen molar-refractivity contribution in [2.24, 2.45) is 17.3 Å². The lowest BCUT2D eigenvalue weighted by Gasteiger charge is -2.47. The highest BCUT2D eigenvalue weighted by Crippen LogP contribution is 2.59. The number of hydrogen-bond donors (Lipinski definition) is 0. The second-order valence-electron chi connectivity index (χ2n) is 4.64. The Morgan fingerprint density at radius 3 is 3.08 bits per heavy atom. The molecule has 3 aliphatic carbocycles. The van der Waals surface area contributed by atoms with Crippen LogP contribution in [-0.2, 0) is 4.74 Å². The molecular formula is C10H12BrNO. The molecule has 4 fully saturated rings. The van der Waals surface area contributed by atoms with Crippen LogP contribution in [0.2, 0.25) is 0 Å². The van der Waals surface area contributed by atoms with E-state index in [1.807, 2.05) is 0 Å². The van der Waals surface area contributed by atoms with Gasteiger partial charge in [0.05, 0.1) is 24.2 Å². The standard InChI is InChI=1S/C10H12BrNO/c11-8-6-1-2-7-9(8)13-5-10(7,3-6)4-12/h6-9H,1-3,5H2. The van der Waals surface area contributed by atoms with Crippen LogP contribution in [0.15, 0.2) is 0 Å². The molecule has 1 heterocycles. The Bertz CT molecular complexity index is 287. The quantitative estimate of drug-likeness (QED) is 0.609. The van der Waals surface area contributed by atoms with Gasteiger partial charge in [-0.05, 0) is 25.2 Å². The maximum Gasteiger partial charge on any atom is 0.0863 e. The molecule has 0 amide bonds. The number of rotatable bonds is 0. The van der Waals surface area contributed by atoms with Crippen LogP contribution in [0.5, 0.6) is 0 Å². The molecule has 5 atom stereocenters. The minimum Gasteiger partial charge on any atom is -0.375 e. The Morgan fingerprint density at radius 1 is 1.46 bits per heavy atom. The molecule has 2 nitrogen and oxygen atoms in total. The van der Waals surface area contributed by atoms with Gasteiger partial charge in [0.1, 0.15) is 0 Å². The first-order valence-electron chi connectivity index (χ1n) is 4.94. The number of alkyl halides is 1. The van der Waals surface area contributed by atoms with E-state index in [1.54, 1.807) is 0 Å². The van der Waals surface area contributed by atoms with Gasteiger partial charge in [0.25, 0.3) is 0 Å². The Kier molecular flexibility index (Phi) is 1.58. The van der Waals surface area contributed by atoms with Gasteiger partial charge < -0.3 is 4.74 Å². The lowest BCUT2D eigenvalue weighted by atomic mass is 9.57. The highest BCUT2D eigenvalue weighted by molar-refractivity contribution is 9.09. The number of halogens is 1. The normalized spacial score (nSPS) is 57.8. The first-order chi connectivity index (χ1) is 6.27. The van der Waals surface area contributed by atoms with Crippen molar-refractivity contribution in [2.45, 2.75) is 30.2 Å². The summed E-state index contributed by atoms with van der Waals surface area (Å²) in [6.45, 7) is 0.678. The summed E-state index contributed by atoms with van der Waals surface area (Å²) in [4.78, 5) is 0.509. The first-order valence-corrected chi connectivity index (χ1v) is 5.85. The van der Waals surface area contributed by atoms with E-state index in [9.17, 15) is 5.26 Å². The van der Waals surface area contributed by atoms with E-state index in [0.29, 0.717) is 29.4 Å². The van der Waals surface area contributed by atoms with Crippen molar-refractivity contribution < 1.29 is 4.74 Å². The molecule has 0 aromatic heterocycles. The van der Waals surface area contributed by atoms with Gasteiger partial charge in [0.15, 0.2) is 0 Å². The van der Waals surface area contributed by atoms with E-state index in [4.69, 9.17) is 4.74 Å². The smallest absolute Gasteiger partial charge is 0.0863 e. The van der Waals surface area contributed by atoms with E-state index in [1.165, 1.54) is 12.8 Å². The van der Waals surface area contributed by atoms with Crippen LogP contribution >= 0.6 is 15.9 Å². The number of nitrogens with zero attached hydrogens (tertiary/aromatic N) is 1. The zero-order chi connectivity index (χ0) is 9.05. The summed E-state index contributed by atoms with van der Waals surface area (Å²) in [6, 6.07) is 2.51. The van der Waals surface area contributed by atoms with E-state index < -0.39 is 0 Å². The molecule has 4 aliphatic rings. The zero-order valence-corrected chi connectivity index (χ0v) is 8.96. The highest BCUT2D eigenvalue weighted by atomic mass is 79.9. The van der Waals surface area contributed by atoms with Crippen molar-refractivity contribution in [3.05, 3.63) is 0 Å². The maximum absolute atomic E-state index is 9.23. The van der Waals surface area contributed by atoms with Crippen LogP contribution in [0, 0.1) is 28.6 Å². The summed E-state index contributed by atoms with van der Waals surface area (Å²) in [6.07, 6.45) is 3.86.